The predicted octanol–water partition coefficient (Wildman–Crippen LogP) is 6.27. The number of pyridine rings is 1. The van der Waals surface area contributed by atoms with E-state index in [1.165, 1.54) is 32.1 Å². The van der Waals surface area contributed by atoms with Gasteiger partial charge in [0.25, 0.3) is 0 Å². The number of benzene rings is 1. The van der Waals surface area contributed by atoms with Crippen molar-refractivity contribution in [3.05, 3.63) is 41.0 Å². The van der Waals surface area contributed by atoms with Crippen LogP contribution in [-0.4, -0.2) is 72.8 Å². The van der Waals surface area contributed by atoms with E-state index in [1.807, 2.05) is 45.0 Å². The molecule has 9 heteroatoms. The molecule has 1 fully saturated rings. The number of fused-ring (bicyclic) bond motifs is 1. The van der Waals surface area contributed by atoms with Crippen molar-refractivity contribution in [1.29, 1.82) is 0 Å². The number of hydrogen-bond donors (Lipinski definition) is 2. The maximum Gasteiger partial charge on any atom is 0.340 e. The molecule has 1 aromatic carbocycles. The number of H-pyrrole nitrogens is 1. The van der Waals surface area contributed by atoms with Crippen molar-refractivity contribution in [2.75, 3.05) is 51.3 Å². The first-order valence-electron chi connectivity index (χ1n) is 14.5. The second-order valence-electron chi connectivity index (χ2n) is 11.5. The summed E-state index contributed by atoms with van der Waals surface area (Å²) < 4.78 is 11.3. The SMILES string of the molecule is COc1nc(N2CCN(CCCCCCCCN)CC2)ccc1-c1cc2c(C(=O)OC(C)(C)C)c[nH]c2cc1Cl. The second-order valence-corrected chi connectivity index (χ2v) is 12.0. The highest BCUT2D eigenvalue weighted by molar-refractivity contribution is 6.34. The van der Waals surface area contributed by atoms with Gasteiger partial charge in [-0.3, -0.25) is 4.90 Å². The lowest BCUT2D eigenvalue weighted by Gasteiger charge is -2.35. The zero-order chi connectivity index (χ0) is 28.7. The number of unbranched alkanes of at least 4 members (excludes halogenated alkanes) is 5. The standard InChI is InChI=1S/C31H44ClN5O3/c1-31(2,3)40-30(38)25-21-34-27-20-26(32)23(19-24(25)27)22-11-12-28(35-29(22)39-4)37-17-15-36(16-18-37)14-10-8-6-5-7-9-13-33/h11-12,19-21,34H,5-10,13-18,33H2,1-4H3. The largest absolute Gasteiger partial charge is 0.480 e. The Hall–Kier alpha value is -2.81. The van der Waals surface area contributed by atoms with Gasteiger partial charge in [-0.05, 0) is 71.0 Å². The van der Waals surface area contributed by atoms with Gasteiger partial charge < -0.3 is 25.1 Å². The minimum atomic E-state index is -0.589. The van der Waals surface area contributed by atoms with Crippen LogP contribution in [0.1, 0.15) is 69.7 Å². The van der Waals surface area contributed by atoms with Crippen LogP contribution in [0, 0.1) is 0 Å². The molecular formula is C31H44ClN5O3. The number of piperazine rings is 1. The molecule has 3 N–H and O–H groups in total. The predicted molar refractivity (Wildman–Crippen MR) is 164 cm³/mol. The van der Waals surface area contributed by atoms with Crippen LogP contribution in [0.2, 0.25) is 5.02 Å². The molecule has 0 aliphatic carbocycles. The lowest BCUT2D eigenvalue weighted by Crippen LogP contribution is -2.46. The van der Waals surface area contributed by atoms with E-state index in [4.69, 9.17) is 31.8 Å². The third kappa shape index (κ3) is 7.68. The molecule has 8 nitrogen and oxygen atoms in total. The zero-order valence-electron chi connectivity index (χ0n) is 24.4. The van der Waals surface area contributed by atoms with Crippen molar-refractivity contribution < 1.29 is 14.3 Å². The van der Waals surface area contributed by atoms with E-state index in [1.54, 1.807) is 13.3 Å². The number of carbonyl (C=O) groups is 1. The van der Waals surface area contributed by atoms with E-state index in [2.05, 4.69) is 14.8 Å². The second kappa shape index (κ2) is 13.7. The van der Waals surface area contributed by atoms with E-state index in [-0.39, 0.29) is 5.97 Å². The topological polar surface area (TPSA) is 96.7 Å². The number of carbonyl (C=O) groups excluding carboxylic acids is 1. The van der Waals surface area contributed by atoms with Gasteiger partial charge >= 0.3 is 5.97 Å². The number of halogens is 1. The number of nitrogens with zero attached hydrogens (tertiary/aromatic N) is 3. The maximum absolute atomic E-state index is 12.8. The van der Waals surface area contributed by atoms with Gasteiger partial charge in [-0.25, -0.2) is 4.79 Å². The maximum atomic E-state index is 12.8. The molecule has 1 aliphatic rings. The van der Waals surface area contributed by atoms with E-state index >= 15 is 0 Å². The third-order valence-corrected chi connectivity index (χ3v) is 7.65. The van der Waals surface area contributed by atoms with Crippen molar-refractivity contribution in [1.82, 2.24) is 14.9 Å². The van der Waals surface area contributed by atoms with Crippen LogP contribution >= 0.6 is 11.6 Å². The number of anilines is 1. The van der Waals surface area contributed by atoms with Gasteiger partial charge in [-0.2, -0.15) is 4.98 Å². The molecule has 0 spiro atoms. The van der Waals surface area contributed by atoms with Crippen LogP contribution in [-0.2, 0) is 4.74 Å². The van der Waals surface area contributed by atoms with Gasteiger partial charge in [0, 0.05) is 54.4 Å². The van der Waals surface area contributed by atoms with Gasteiger partial charge in [0.15, 0.2) is 0 Å². The summed E-state index contributed by atoms with van der Waals surface area (Å²) in [4.78, 5) is 25.7. The Balaban J connectivity index is 1.43. The minimum absolute atomic E-state index is 0.380. The van der Waals surface area contributed by atoms with Crippen molar-refractivity contribution in [2.45, 2.75) is 64.9 Å². The average Bonchev–Trinajstić information content (AvgIpc) is 3.34. The fourth-order valence-corrected chi connectivity index (χ4v) is 5.47. The van der Waals surface area contributed by atoms with E-state index in [0.29, 0.717) is 16.5 Å². The molecule has 4 rings (SSSR count). The monoisotopic (exact) mass is 569 g/mol. The van der Waals surface area contributed by atoms with Crippen LogP contribution in [0.25, 0.3) is 22.0 Å². The lowest BCUT2D eigenvalue weighted by molar-refractivity contribution is 0.00719. The Morgan fingerprint density at radius 3 is 2.40 bits per heavy atom. The van der Waals surface area contributed by atoms with Crippen LogP contribution in [0.4, 0.5) is 5.82 Å². The number of esters is 1. The minimum Gasteiger partial charge on any atom is -0.480 e. The Kier molecular flexibility index (Phi) is 10.3. The molecule has 218 valence electrons. The number of rotatable bonds is 12. The lowest BCUT2D eigenvalue weighted by atomic mass is 10.0. The number of aromatic amines is 1. The Labute approximate surface area is 243 Å². The molecule has 1 saturated heterocycles. The first kappa shape index (κ1) is 30.2. The van der Waals surface area contributed by atoms with Crippen LogP contribution < -0.4 is 15.4 Å². The average molecular weight is 570 g/mol. The molecule has 3 aromatic rings. The summed E-state index contributed by atoms with van der Waals surface area (Å²) in [7, 11) is 1.62. The summed E-state index contributed by atoms with van der Waals surface area (Å²) in [6, 6.07) is 7.77. The fraction of sp³-hybridized carbons (Fsp3) is 0.548. The molecule has 40 heavy (non-hydrogen) atoms. The first-order valence-corrected chi connectivity index (χ1v) is 14.8. The van der Waals surface area contributed by atoms with E-state index in [9.17, 15) is 4.79 Å². The van der Waals surface area contributed by atoms with Crippen molar-refractivity contribution in [2.24, 2.45) is 5.73 Å². The van der Waals surface area contributed by atoms with Crippen LogP contribution in [0.5, 0.6) is 5.88 Å². The Morgan fingerprint density at radius 1 is 1.02 bits per heavy atom. The smallest absolute Gasteiger partial charge is 0.340 e. The summed E-state index contributed by atoms with van der Waals surface area (Å²) in [5.74, 6) is 1.02. The van der Waals surface area contributed by atoms with E-state index in [0.717, 1.165) is 73.5 Å². The molecule has 3 heterocycles. The van der Waals surface area contributed by atoms with Crippen molar-refractivity contribution in [3.8, 4) is 17.0 Å². The molecule has 0 amide bonds. The van der Waals surface area contributed by atoms with Gasteiger partial charge in [0.05, 0.1) is 17.7 Å². The number of aromatic nitrogens is 2. The zero-order valence-corrected chi connectivity index (χ0v) is 25.1. The molecular weight excluding hydrogens is 526 g/mol. The van der Waals surface area contributed by atoms with Crippen molar-refractivity contribution >= 4 is 34.3 Å². The third-order valence-electron chi connectivity index (χ3n) is 7.34. The molecule has 2 aromatic heterocycles. The van der Waals surface area contributed by atoms with Gasteiger partial charge in [0.1, 0.15) is 11.4 Å². The summed E-state index contributed by atoms with van der Waals surface area (Å²) in [6.45, 7) is 11.5. The highest BCUT2D eigenvalue weighted by Gasteiger charge is 2.23. The molecule has 0 unspecified atom stereocenters. The van der Waals surface area contributed by atoms with Crippen molar-refractivity contribution in [3.63, 3.8) is 0 Å². The molecule has 0 atom stereocenters. The summed E-state index contributed by atoms with van der Waals surface area (Å²) >= 11 is 6.71. The van der Waals surface area contributed by atoms with Crippen LogP contribution in [0.3, 0.4) is 0 Å². The summed E-state index contributed by atoms with van der Waals surface area (Å²) in [5, 5.41) is 1.29. The number of nitrogens with one attached hydrogen (secondary N) is 1. The Morgan fingerprint density at radius 2 is 1.73 bits per heavy atom. The molecule has 0 saturated carbocycles. The number of hydrogen-bond acceptors (Lipinski definition) is 7. The number of nitrogens with two attached hydrogens (primary N) is 1. The summed E-state index contributed by atoms with van der Waals surface area (Å²) in [5.41, 5.74) is 7.75. The Bertz CT molecular complexity index is 1280. The van der Waals surface area contributed by atoms with Crippen LogP contribution in [0.15, 0.2) is 30.5 Å². The molecule has 0 radical (unpaired) electrons. The van der Waals surface area contributed by atoms with Gasteiger partial charge in [-0.1, -0.05) is 37.3 Å². The normalized spacial score (nSPS) is 14.6. The molecule has 0 bridgehead atoms. The molecule has 1 aliphatic heterocycles. The highest BCUT2D eigenvalue weighted by atomic mass is 35.5. The fourth-order valence-electron chi connectivity index (χ4n) is 5.21. The number of methoxy groups -OCH3 is 1. The van der Waals surface area contributed by atoms with Gasteiger partial charge in [-0.15, -0.1) is 0 Å². The number of ether oxygens (including phenoxy) is 2. The van der Waals surface area contributed by atoms with E-state index < -0.39 is 5.60 Å². The quantitative estimate of drug-likeness (QED) is 0.196. The highest BCUT2D eigenvalue weighted by Crippen LogP contribution is 2.38. The van der Waals surface area contributed by atoms with Gasteiger partial charge in [0.2, 0.25) is 5.88 Å². The summed E-state index contributed by atoms with van der Waals surface area (Å²) in [6.07, 6.45) is 9.21. The first-order chi connectivity index (χ1) is 19.2.